The topological polar surface area (TPSA) is 164 Å². The number of carbonyl (C=O) groups is 1. The summed E-state index contributed by atoms with van der Waals surface area (Å²) in [6.07, 6.45) is -1.33. The van der Waals surface area contributed by atoms with Crippen LogP contribution in [-0.2, 0) is 30.0 Å². The van der Waals surface area contributed by atoms with Gasteiger partial charge in [-0.2, -0.15) is 10.1 Å². The van der Waals surface area contributed by atoms with Crippen LogP contribution in [0.25, 0.3) is 0 Å². The average molecular weight is 545 g/mol. The Morgan fingerprint density at radius 3 is 2.58 bits per heavy atom. The maximum absolute atomic E-state index is 13.7. The highest BCUT2D eigenvalue weighted by atomic mass is 31.2. The quantitative estimate of drug-likeness (QED) is 0.240. The zero-order valence-electron chi connectivity index (χ0n) is 20.6. The number of hydrogen-bond donors (Lipinski definition) is 3. The summed E-state index contributed by atoms with van der Waals surface area (Å²) in [6.45, 7) is 1.14. The van der Waals surface area contributed by atoms with E-state index in [1.807, 2.05) is 30.3 Å². The summed E-state index contributed by atoms with van der Waals surface area (Å²) in [5.41, 5.74) is 5.69. The third-order valence-electron chi connectivity index (χ3n) is 5.67. The van der Waals surface area contributed by atoms with E-state index < -0.39 is 43.9 Å². The molecule has 3 aromatic rings. The van der Waals surface area contributed by atoms with Gasteiger partial charge in [-0.25, -0.2) is 9.36 Å². The minimum absolute atomic E-state index is 0.0409. The van der Waals surface area contributed by atoms with Crippen LogP contribution >= 0.6 is 7.75 Å². The van der Waals surface area contributed by atoms with Crippen molar-refractivity contribution in [3.05, 3.63) is 89.0 Å². The number of carbonyl (C=O) groups excluding carboxylic acids is 1. The van der Waals surface area contributed by atoms with Gasteiger partial charge in [-0.05, 0) is 30.7 Å². The SMILES string of the molecule is C[C@H](N[P@@](=O)(OCC1O[C@@H](n2ccc(N)nc2=O)C[C@H]1O)Oc1ccccc1)C(=O)OCc1ccccc1. The molecule has 4 N–H and O–H groups in total. The van der Waals surface area contributed by atoms with Gasteiger partial charge in [-0.1, -0.05) is 48.5 Å². The highest BCUT2D eigenvalue weighted by Gasteiger charge is 2.39. The lowest BCUT2D eigenvalue weighted by Gasteiger charge is -2.24. The van der Waals surface area contributed by atoms with Gasteiger partial charge in [0.1, 0.15) is 36.5 Å². The minimum Gasteiger partial charge on any atom is -0.460 e. The highest BCUT2D eigenvalue weighted by molar-refractivity contribution is 7.52. The largest absolute Gasteiger partial charge is 0.460 e. The lowest BCUT2D eigenvalue weighted by Crippen LogP contribution is -2.36. The van der Waals surface area contributed by atoms with Crippen molar-refractivity contribution in [1.82, 2.24) is 14.6 Å². The molecule has 38 heavy (non-hydrogen) atoms. The summed E-state index contributed by atoms with van der Waals surface area (Å²) in [7, 11) is -4.17. The standard InChI is InChI=1S/C25H29N4O8P/c1-17(24(31)34-15-18-8-4-2-5-9-18)28-38(33,37-19-10-6-3-7-11-19)35-16-21-20(30)14-23(36-21)29-13-12-22(26)27-25(29)32/h2-13,17,20-21,23,30H,14-16H2,1H3,(H,28,33)(H2,26,27,32)/t17-,20+,21?,23+,38+/m0/s1. The fraction of sp³-hybridized carbons (Fsp3) is 0.320. The van der Waals surface area contributed by atoms with Crippen molar-refractivity contribution in [3.63, 3.8) is 0 Å². The number of nitrogens with two attached hydrogens (primary N) is 1. The number of aromatic nitrogens is 2. The molecule has 1 unspecified atom stereocenters. The Balaban J connectivity index is 1.41. The van der Waals surface area contributed by atoms with Gasteiger partial charge in [0.05, 0.1) is 12.7 Å². The second-order valence-electron chi connectivity index (χ2n) is 8.62. The molecule has 0 amide bonds. The zero-order valence-corrected chi connectivity index (χ0v) is 21.5. The predicted molar refractivity (Wildman–Crippen MR) is 137 cm³/mol. The van der Waals surface area contributed by atoms with Crippen LogP contribution in [0.15, 0.2) is 77.7 Å². The first-order valence-corrected chi connectivity index (χ1v) is 13.4. The van der Waals surface area contributed by atoms with Gasteiger partial charge in [0.25, 0.3) is 0 Å². The molecule has 5 atom stereocenters. The van der Waals surface area contributed by atoms with E-state index >= 15 is 0 Å². The molecular formula is C25H29N4O8P. The van der Waals surface area contributed by atoms with Crippen molar-refractivity contribution in [2.24, 2.45) is 0 Å². The fourth-order valence-corrected chi connectivity index (χ4v) is 5.21. The second kappa shape index (κ2) is 12.3. The van der Waals surface area contributed by atoms with Crippen molar-refractivity contribution < 1.29 is 33.0 Å². The van der Waals surface area contributed by atoms with Crippen LogP contribution < -0.4 is 21.0 Å². The molecule has 0 aliphatic carbocycles. The van der Waals surface area contributed by atoms with Crippen molar-refractivity contribution in [2.75, 3.05) is 12.3 Å². The average Bonchev–Trinajstić information content (AvgIpc) is 3.27. The van der Waals surface area contributed by atoms with Gasteiger partial charge in [0, 0.05) is 12.6 Å². The summed E-state index contributed by atoms with van der Waals surface area (Å²) in [5.74, 6) is -0.369. The number of anilines is 1. The van der Waals surface area contributed by atoms with Gasteiger partial charge in [-0.3, -0.25) is 13.9 Å². The summed E-state index contributed by atoms with van der Waals surface area (Å²) >= 11 is 0. The molecule has 2 heterocycles. The predicted octanol–water partition coefficient (Wildman–Crippen LogP) is 2.40. The molecule has 1 saturated heterocycles. The van der Waals surface area contributed by atoms with Gasteiger partial charge in [0.15, 0.2) is 0 Å². The number of hydrogen-bond acceptors (Lipinski definition) is 10. The first kappa shape index (κ1) is 27.5. The highest BCUT2D eigenvalue weighted by Crippen LogP contribution is 2.46. The van der Waals surface area contributed by atoms with E-state index in [4.69, 9.17) is 24.3 Å². The van der Waals surface area contributed by atoms with Crippen LogP contribution in [-0.4, -0.2) is 45.5 Å². The first-order valence-electron chi connectivity index (χ1n) is 11.9. The van der Waals surface area contributed by atoms with Crippen LogP contribution in [0.2, 0.25) is 0 Å². The van der Waals surface area contributed by atoms with Crippen LogP contribution in [0.4, 0.5) is 5.82 Å². The Bertz CT molecular complexity index is 1320. The maximum Gasteiger partial charge on any atom is 0.459 e. The Labute approximate surface area is 218 Å². The third kappa shape index (κ3) is 7.27. The van der Waals surface area contributed by atoms with E-state index in [0.29, 0.717) is 0 Å². The van der Waals surface area contributed by atoms with Gasteiger partial charge in [0.2, 0.25) is 0 Å². The number of aliphatic hydroxyl groups is 1. The van der Waals surface area contributed by atoms with Crippen LogP contribution in [0.1, 0.15) is 25.1 Å². The van der Waals surface area contributed by atoms with Crippen LogP contribution in [0.3, 0.4) is 0 Å². The number of esters is 1. The summed E-state index contributed by atoms with van der Waals surface area (Å²) in [6, 6.07) is 17.8. The van der Waals surface area contributed by atoms with Gasteiger partial charge >= 0.3 is 19.4 Å². The molecule has 2 aromatic carbocycles. The number of rotatable bonds is 11. The smallest absolute Gasteiger partial charge is 0.459 e. The maximum atomic E-state index is 13.7. The lowest BCUT2D eigenvalue weighted by atomic mass is 10.2. The Hall–Kier alpha value is -3.54. The lowest BCUT2D eigenvalue weighted by molar-refractivity contribution is -0.146. The fourth-order valence-electron chi connectivity index (χ4n) is 3.71. The van der Waals surface area contributed by atoms with Gasteiger partial charge < -0.3 is 24.8 Å². The molecular weight excluding hydrogens is 515 g/mol. The number of benzene rings is 2. The Morgan fingerprint density at radius 2 is 1.89 bits per heavy atom. The molecule has 0 bridgehead atoms. The summed E-state index contributed by atoms with van der Waals surface area (Å²) in [4.78, 5) is 28.4. The molecule has 0 radical (unpaired) electrons. The van der Waals surface area contributed by atoms with Gasteiger partial charge in [-0.15, -0.1) is 0 Å². The first-order chi connectivity index (χ1) is 18.2. The van der Waals surface area contributed by atoms with E-state index in [1.165, 1.54) is 23.8 Å². The van der Waals surface area contributed by atoms with E-state index in [-0.39, 0.29) is 31.2 Å². The zero-order chi connectivity index (χ0) is 27.1. The third-order valence-corrected chi connectivity index (χ3v) is 7.32. The molecule has 4 rings (SSSR count). The molecule has 1 aliphatic rings. The number of nitrogen functional groups attached to an aromatic ring is 1. The van der Waals surface area contributed by atoms with Crippen molar-refractivity contribution >= 4 is 19.5 Å². The molecule has 0 spiro atoms. The van der Waals surface area contributed by atoms with E-state index in [1.54, 1.807) is 30.3 Å². The van der Waals surface area contributed by atoms with Crippen LogP contribution in [0.5, 0.6) is 5.75 Å². The molecule has 1 fully saturated rings. The number of nitrogens with one attached hydrogen (secondary N) is 1. The van der Waals surface area contributed by atoms with Crippen LogP contribution in [0, 0.1) is 0 Å². The second-order valence-corrected chi connectivity index (χ2v) is 10.3. The van der Waals surface area contributed by atoms with E-state index in [2.05, 4.69) is 10.1 Å². The number of ether oxygens (including phenoxy) is 2. The normalized spacial score (nSPS) is 21.4. The number of aliphatic hydroxyl groups excluding tert-OH is 1. The molecule has 1 aliphatic heterocycles. The molecule has 1 aromatic heterocycles. The molecule has 0 saturated carbocycles. The van der Waals surface area contributed by atoms with E-state index in [0.717, 1.165) is 5.56 Å². The number of nitrogens with zero attached hydrogens (tertiary/aromatic N) is 2. The molecule has 12 nitrogen and oxygen atoms in total. The van der Waals surface area contributed by atoms with Crippen molar-refractivity contribution in [1.29, 1.82) is 0 Å². The summed E-state index contributed by atoms with van der Waals surface area (Å²) in [5, 5.41) is 13.1. The summed E-state index contributed by atoms with van der Waals surface area (Å²) < 4.78 is 37.2. The Kier molecular flexibility index (Phi) is 8.93. The number of para-hydroxylation sites is 1. The van der Waals surface area contributed by atoms with E-state index in [9.17, 15) is 19.3 Å². The van der Waals surface area contributed by atoms with Crippen molar-refractivity contribution in [2.45, 2.75) is 44.4 Å². The van der Waals surface area contributed by atoms with Crippen molar-refractivity contribution in [3.8, 4) is 5.75 Å². The monoisotopic (exact) mass is 544 g/mol. The Morgan fingerprint density at radius 1 is 1.21 bits per heavy atom. The minimum atomic E-state index is -4.17. The molecule has 13 heteroatoms. The molecule has 202 valence electrons.